The first-order chi connectivity index (χ1) is 11.8. The normalized spacial score (nSPS) is 32.0. The molecule has 3 aliphatic rings. The molecule has 2 fully saturated rings. The van der Waals surface area contributed by atoms with E-state index in [2.05, 4.69) is 41.2 Å². The van der Waals surface area contributed by atoms with Crippen LogP contribution in [0.5, 0.6) is 0 Å². The highest BCUT2D eigenvalue weighted by Gasteiger charge is 2.52. The Morgan fingerprint density at radius 2 is 2.08 bits per heavy atom. The van der Waals surface area contributed by atoms with Crippen molar-refractivity contribution in [2.45, 2.75) is 50.0 Å². The van der Waals surface area contributed by atoms with Gasteiger partial charge in [-0.15, -0.1) is 0 Å². The maximum absolute atomic E-state index is 4.32. The van der Waals surface area contributed by atoms with Crippen molar-refractivity contribution in [3.05, 3.63) is 53.9 Å². The summed E-state index contributed by atoms with van der Waals surface area (Å²) in [6, 6.07) is 12.2. The van der Waals surface area contributed by atoms with E-state index in [1.54, 1.807) is 11.1 Å². The smallest absolute Gasteiger partial charge is 0.0346 e. The molecule has 5 rings (SSSR count). The van der Waals surface area contributed by atoms with Crippen LogP contribution in [0.2, 0.25) is 0 Å². The molecule has 1 aromatic heterocycles. The fourth-order valence-corrected chi connectivity index (χ4v) is 5.91. The molecule has 0 radical (unpaired) electrons. The molecule has 2 nitrogen and oxygen atoms in total. The van der Waals surface area contributed by atoms with Crippen molar-refractivity contribution >= 4 is 0 Å². The lowest BCUT2D eigenvalue weighted by molar-refractivity contribution is 0.00290. The second-order valence-corrected chi connectivity index (χ2v) is 8.12. The van der Waals surface area contributed by atoms with Gasteiger partial charge in [-0.3, -0.25) is 4.98 Å². The molecule has 2 aliphatic carbocycles. The molecule has 1 unspecified atom stereocenters. The number of fused-ring (bicyclic) bond motifs is 1. The van der Waals surface area contributed by atoms with Gasteiger partial charge in [-0.1, -0.05) is 37.1 Å². The lowest BCUT2D eigenvalue weighted by Crippen LogP contribution is -2.59. The third kappa shape index (κ3) is 2.02. The van der Waals surface area contributed by atoms with Crippen LogP contribution >= 0.6 is 0 Å². The summed E-state index contributed by atoms with van der Waals surface area (Å²) in [5, 5.41) is 0. The molecule has 0 amide bonds. The van der Waals surface area contributed by atoms with Crippen molar-refractivity contribution in [3.63, 3.8) is 0 Å². The molecule has 1 saturated carbocycles. The minimum absolute atomic E-state index is 0.446. The molecule has 1 aliphatic heterocycles. The highest BCUT2D eigenvalue weighted by atomic mass is 15.1. The third-order valence-electron chi connectivity index (χ3n) is 7.11. The van der Waals surface area contributed by atoms with Gasteiger partial charge in [0, 0.05) is 23.9 Å². The first-order valence-electron chi connectivity index (χ1n) is 9.52. The van der Waals surface area contributed by atoms with Crippen molar-refractivity contribution in [3.8, 4) is 11.1 Å². The van der Waals surface area contributed by atoms with Crippen LogP contribution < -0.4 is 0 Å². The average molecular weight is 318 g/mol. The summed E-state index contributed by atoms with van der Waals surface area (Å²) in [5.41, 5.74) is 6.33. The second-order valence-electron chi connectivity index (χ2n) is 8.12. The number of pyridine rings is 1. The fraction of sp³-hybridized carbons (Fsp3) is 0.500. The van der Waals surface area contributed by atoms with E-state index in [0.717, 1.165) is 12.0 Å². The molecule has 2 heterocycles. The predicted molar refractivity (Wildman–Crippen MR) is 98.0 cm³/mol. The Labute approximate surface area is 144 Å². The summed E-state index contributed by atoms with van der Waals surface area (Å²) < 4.78 is 0. The molecule has 1 saturated heterocycles. The number of piperidine rings is 1. The minimum atomic E-state index is 0.446. The van der Waals surface area contributed by atoms with Gasteiger partial charge in [-0.2, -0.15) is 0 Å². The molecule has 0 spiro atoms. The highest BCUT2D eigenvalue weighted by molar-refractivity contribution is 5.65. The molecular weight excluding hydrogens is 292 g/mol. The van der Waals surface area contributed by atoms with Gasteiger partial charge in [0.15, 0.2) is 0 Å². The van der Waals surface area contributed by atoms with Gasteiger partial charge in [0.05, 0.1) is 0 Å². The Morgan fingerprint density at radius 1 is 1.12 bits per heavy atom. The quantitative estimate of drug-likeness (QED) is 0.773. The van der Waals surface area contributed by atoms with Gasteiger partial charge >= 0.3 is 0 Å². The lowest BCUT2D eigenvalue weighted by atomic mass is 9.52. The van der Waals surface area contributed by atoms with Crippen LogP contribution in [-0.2, 0) is 11.8 Å². The lowest BCUT2D eigenvalue weighted by Gasteiger charge is -2.58. The molecule has 24 heavy (non-hydrogen) atoms. The van der Waals surface area contributed by atoms with E-state index in [9.17, 15) is 0 Å². The number of nitrogens with zero attached hydrogens (tertiary/aromatic N) is 2. The van der Waals surface area contributed by atoms with Crippen molar-refractivity contribution in [1.29, 1.82) is 0 Å². The molecule has 2 heteroatoms. The van der Waals surface area contributed by atoms with Crippen LogP contribution in [0, 0.1) is 5.92 Å². The number of aromatic nitrogens is 1. The zero-order valence-corrected chi connectivity index (χ0v) is 14.5. The first kappa shape index (κ1) is 14.7. The van der Waals surface area contributed by atoms with Gasteiger partial charge in [-0.25, -0.2) is 0 Å². The summed E-state index contributed by atoms with van der Waals surface area (Å²) in [6.07, 6.45) is 12.1. The number of likely N-dealkylation sites (tertiary alicyclic amines) is 1. The molecule has 0 N–H and O–H groups in total. The molecule has 124 valence electrons. The summed E-state index contributed by atoms with van der Waals surface area (Å²) >= 11 is 0. The number of hydrogen-bond acceptors (Lipinski definition) is 2. The minimum Gasteiger partial charge on any atom is -0.303 e. The van der Waals surface area contributed by atoms with Crippen LogP contribution in [0.3, 0.4) is 0 Å². The van der Waals surface area contributed by atoms with Gasteiger partial charge in [0.1, 0.15) is 0 Å². The molecule has 2 bridgehead atoms. The predicted octanol–water partition coefficient (Wildman–Crippen LogP) is 4.44. The van der Waals surface area contributed by atoms with Crippen LogP contribution in [0.25, 0.3) is 11.1 Å². The van der Waals surface area contributed by atoms with E-state index in [4.69, 9.17) is 0 Å². The number of hydrogen-bond donors (Lipinski definition) is 0. The van der Waals surface area contributed by atoms with Gasteiger partial charge in [0.25, 0.3) is 0 Å². The van der Waals surface area contributed by atoms with E-state index in [-0.39, 0.29) is 0 Å². The maximum Gasteiger partial charge on any atom is 0.0346 e. The van der Waals surface area contributed by atoms with Crippen LogP contribution in [-0.4, -0.2) is 29.5 Å². The Hall–Kier alpha value is -1.67. The number of benzene rings is 1. The van der Waals surface area contributed by atoms with Crippen molar-refractivity contribution < 1.29 is 0 Å². The monoisotopic (exact) mass is 318 g/mol. The Bertz CT molecular complexity index is 754. The summed E-state index contributed by atoms with van der Waals surface area (Å²) in [4.78, 5) is 6.96. The zero-order valence-electron chi connectivity index (χ0n) is 14.5. The van der Waals surface area contributed by atoms with Gasteiger partial charge in [-0.05, 0) is 73.5 Å². The summed E-state index contributed by atoms with van der Waals surface area (Å²) in [6.45, 7) is 1.26. The molecular formula is C22H26N2. The number of rotatable bonds is 1. The van der Waals surface area contributed by atoms with E-state index in [0.29, 0.717) is 5.41 Å². The van der Waals surface area contributed by atoms with Gasteiger partial charge < -0.3 is 4.90 Å². The van der Waals surface area contributed by atoms with Gasteiger partial charge in [0.2, 0.25) is 0 Å². The SMILES string of the molecule is CN1CCC23CCCC[C@@H]2[C@@H]1Cc1ccc(-c2cccnc2)cc13. The maximum atomic E-state index is 4.32. The largest absolute Gasteiger partial charge is 0.303 e. The third-order valence-corrected chi connectivity index (χ3v) is 7.11. The topological polar surface area (TPSA) is 16.1 Å². The highest BCUT2D eigenvalue weighted by Crippen LogP contribution is 2.55. The van der Waals surface area contributed by atoms with E-state index in [1.807, 2.05) is 18.5 Å². The molecule has 2 aromatic rings. The average Bonchev–Trinajstić information content (AvgIpc) is 2.65. The van der Waals surface area contributed by atoms with E-state index in [1.165, 1.54) is 56.2 Å². The van der Waals surface area contributed by atoms with Crippen molar-refractivity contribution in [2.75, 3.05) is 13.6 Å². The zero-order chi connectivity index (χ0) is 16.1. The fourth-order valence-electron chi connectivity index (χ4n) is 5.91. The van der Waals surface area contributed by atoms with Crippen LogP contribution in [0.15, 0.2) is 42.7 Å². The molecule has 3 atom stereocenters. The summed E-state index contributed by atoms with van der Waals surface area (Å²) in [5.74, 6) is 0.863. The summed E-state index contributed by atoms with van der Waals surface area (Å²) in [7, 11) is 2.35. The Morgan fingerprint density at radius 3 is 2.96 bits per heavy atom. The number of likely N-dealkylation sites (N-methyl/N-ethyl adjacent to an activating group) is 1. The van der Waals surface area contributed by atoms with E-state index < -0.39 is 0 Å². The second kappa shape index (κ2) is 5.42. The Kier molecular flexibility index (Phi) is 3.31. The standard InChI is InChI=1S/C22H26N2/c1-24-12-10-22-9-3-2-6-19(22)21(24)14-17-8-7-16(13-20(17)22)18-5-4-11-23-15-18/h4-5,7-8,11,13,15,19,21H,2-3,6,9-10,12,14H2,1H3/t19-,21+,22?/m1/s1. The van der Waals surface area contributed by atoms with Crippen LogP contribution in [0.1, 0.15) is 43.2 Å². The molecule has 1 aromatic carbocycles. The van der Waals surface area contributed by atoms with Crippen LogP contribution in [0.4, 0.5) is 0 Å². The van der Waals surface area contributed by atoms with Crippen molar-refractivity contribution in [2.24, 2.45) is 5.92 Å². The van der Waals surface area contributed by atoms with Crippen molar-refractivity contribution in [1.82, 2.24) is 9.88 Å². The van der Waals surface area contributed by atoms with E-state index >= 15 is 0 Å². The first-order valence-corrected chi connectivity index (χ1v) is 9.52. The Balaban J connectivity index is 1.66.